The summed E-state index contributed by atoms with van der Waals surface area (Å²) in [4.78, 5) is 12.3. The summed E-state index contributed by atoms with van der Waals surface area (Å²) in [5.74, 6) is 0.306. The zero-order valence-corrected chi connectivity index (χ0v) is 12.4. The van der Waals surface area contributed by atoms with Gasteiger partial charge in [-0.1, -0.05) is 20.8 Å². The van der Waals surface area contributed by atoms with Crippen LogP contribution < -0.4 is 5.32 Å². The van der Waals surface area contributed by atoms with Gasteiger partial charge in [0.15, 0.2) is 0 Å². The second-order valence-electron chi connectivity index (χ2n) is 7.14. The molecule has 1 aromatic rings. The number of halogens is 1. The molecule has 2 saturated carbocycles. The van der Waals surface area contributed by atoms with Crippen LogP contribution in [0.2, 0.25) is 0 Å². The summed E-state index contributed by atoms with van der Waals surface area (Å²) in [6.45, 7) is 6.96. The molecule has 3 rings (SSSR count). The van der Waals surface area contributed by atoms with Gasteiger partial charge in [0.05, 0.1) is 0 Å². The number of nitrogens with one attached hydrogen (secondary N) is 1. The Morgan fingerprint density at radius 1 is 1.25 bits per heavy atom. The highest BCUT2D eigenvalue weighted by molar-refractivity contribution is 5.94. The lowest BCUT2D eigenvalue weighted by Gasteiger charge is -2.39. The molecule has 0 unspecified atom stereocenters. The number of carbonyl (C=O) groups excluding carboxylic acids is 1. The number of rotatable bonds is 2. The summed E-state index contributed by atoms with van der Waals surface area (Å²) in [6, 6.07) is 5.99. The highest BCUT2D eigenvalue weighted by atomic mass is 19.1. The minimum absolute atomic E-state index is 0.0837. The molecular weight excluding hydrogens is 253 g/mol. The number of amides is 1. The minimum Gasteiger partial charge on any atom is -0.349 e. The van der Waals surface area contributed by atoms with Crippen LogP contribution in [-0.4, -0.2) is 11.9 Å². The van der Waals surface area contributed by atoms with Gasteiger partial charge in [-0.25, -0.2) is 4.39 Å². The lowest BCUT2D eigenvalue weighted by atomic mass is 9.69. The van der Waals surface area contributed by atoms with E-state index in [0.717, 1.165) is 6.42 Å². The summed E-state index contributed by atoms with van der Waals surface area (Å²) in [5.41, 5.74) is 0.997. The zero-order chi connectivity index (χ0) is 14.5. The Bertz CT molecular complexity index is 536. The summed E-state index contributed by atoms with van der Waals surface area (Å²) in [5, 5.41) is 3.18. The molecule has 1 N–H and O–H groups in total. The van der Waals surface area contributed by atoms with E-state index in [-0.39, 0.29) is 28.6 Å². The predicted octanol–water partition coefficient (Wildman–Crippen LogP) is 3.77. The van der Waals surface area contributed by atoms with E-state index in [4.69, 9.17) is 0 Å². The van der Waals surface area contributed by atoms with Crippen LogP contribution in [-0.2, 0) is 0 Å². The number of hydrogen-bond acceptors (Lipinski definition) is 1. The van der Waals surface area contributed by atoms with Crippen molar-refractivity contribution in [1.29, 1.82) is 0 Å². The molecule has 2 bridgehead atoms. The Hall–Kier alpha value is -1.38. The van der Waals surface area contributed by atoms with E-state index < -0.39 is 0 Å². The predicted molar refractivity (Wildman–Crippen MR) is 76.9 cm³/mol. The average molecular weight is 275 g/mol. The summed E-state index contributed by atoms with van der Waals surface area (Å²) in [6.07, 6.45) is 3.52. The van der Waals surface area contributed by atoms with Gasteiger partial charge in [-0.3, -0.25) is 4.79 Å². The van der Waals surface area contributed by atoms with Gasteiger partial charge in [-0.05, 0) is 60.3 Å². The van der Waals surface area contributed by atoms with E-state index >= 15 is 0 Å². The zero-order valence-electron chi connectivity index (χ0n) is 12.4. The van der Waals surface area contributed by atoms with Gasteiger partial charge in [0.2, 0.25) is 0 Å². The van der Waals surface area contributed by atoms with E-state index in [2.05, 4.69) is 26.1 Å². The van der Waals surface area contributed by atoms with Gasteiger partial charge in [-0.2, -0.15) is 0 Å². The van der Waals surface area contributed by atoms with Gasteiger partial charge < -0.3 is 5.32 Å². The van der Waals surface area contributed by atoms with Gasteiger partial charge in [0.1, 0.15) is 5.82 Å². The molecule has 0 aromatic heterocycles. The number of carbonyl (C=O) groups is 1. The molecule has 0 heterocycles. The lowest BCUT2D eigenvalue weighted by molar-refractivity contribution is 0.0826. The maximum atomic E-state index is 12.9. The van der Waals surface area contributed by atoms with Gasteiger partial charge >= 0.3 is 0 Å². The quantitative estimate of drug-likeness (QED) is 0.874. The Balaban J connectivity index is 1.76. The van der Waals surface area contributed by atoms with Crippen molar-refractivity contribution < 1.29 is 9.18 Å². The van der Waals surface area contributed by atoms with Gasteiger partial charge in [0.25, 0.3) is 5.91 Å². The highest BCUT2D eigenvalue weighted by Crippen LogP contribution is 2.65. The Morgan fingerprint density at radius 2 is 1.90 bits per heavy atom. The van der Waals surface area contributed by atoms with Crippen LogP contribution in [0.4, 0.5) is 4.39 Å². The first-order chi connectivity index (χ1) is 9.34. The van der Waals surface area contributed by atoms with E-state index in [1.807, 2.05) is 0 Å². The fraction of sp³-hybridized carbons (Fsp3) is 0.588. The van der Waals surface area contributed by atoms with Crippen molar-refractivity contribution in [3.8, 4) is 0 Å². The number of benzene rings is 1. The monoisotopic (exact) mass is 275 g/mol. The fourth-order valence-corrected chi connectivity index (χ4v) is 4.26. The third-order valence-electron chi connectivity index (χ3n) is 6.21. The third-order valence-corrected chi connectivity index (χ3v) is 6.21. The Kier molecular flexibility index (Phi) is 2.93. The van der Waals surface area contributed by atoms with Crippen molar-refractivity contribution in [3.63, 3.8) is 0 Å². The standard InChI is InChI=1S/C17H22FNO/c1-16(2)12-8-9-17(16,3)14(10-12)19-15(20)11-4-6-13(18)7-5-11/h4-7,12,14H,8-10H2,1-3H3,(H,19,20)/t12-,14-,17-/m1/s1. The van der Waals surface area contributed by atoms with Crippen molar-refractivity contribution in [2.45, 2.75) is 46.1 Å². The molecule has 108 valence electrons. The molecule has 3 heteroatoms. The summed E-state index contributed by atoms with van der Waals surface area (Å²) >= 11 is 0. The Labute approximate surface area is 119 Å². The van der Waals surface area contributed by atoms with Gasteiger partial charge in [-0.15, -0.1) is 0 Å². The molecule has 1 amide bonds. The van der Waals surface area contributed by atoms with Crippen LogP contribution in [0.3, 0.4) is 0 Å². The molecule has 0 spiro atoms. The lowest BCUT2D eigenvalue weighted by Crippen LogP contribution is -2.46. The van der Waals surface area contributed by atoms with Crippen molar-refractivity contribution >= 4 is 5.91 Å². The van der Waals surface area contributed by atoms with Crippen molar-refractivity contribution in [1.82, 2.24) is 5.32 Å². The molecule has 2 fully saturated rings. The SMILES string of the molecule is CC1(C)[C@@H]2CC[C@]1(C)[C@H](NC(=O)c1ccc(F)cc1)C2. The molecule has 0 radical (unpaired) electrons. The maximum absolute atomic E-state index is 12.9. The molecule has 2 nitrogen and oxygen atoms in total. The van der Waals surface area contributed by atoms with Crippen LogP contribution in [0.1, 0.15) is 50.4 Å². The van der Waals surface area contributed by atoms with Crippen LogP contribution >= 0.6 is 0 Å². The van der Waals surface area contributed by atoms with E-state index in [1.54, 1.807) is 12.1 Å². The normalized spacial score (nSPS) is 34.2. The summed E-state index contributed by atoms with van der Waals surface area (Å²) in [7, 11) is 0. The fourth-order valence-electron chi connectivity index (χ4n) is 4.26. The average Bonchev–Trinajstić information content (AvgIpc) is 2.72. The smallest absolute Gasteiger partial charge is 0.251 e. The second kappa shape index (κ2) is 4.31. The number of hydrogen-bond donors (Lipinski definition) is 1. The molecule has 1 aromatic carbocycles. The largest absolute Gasteiger partial charge is 0.349 e. The molecule has 0 aliphatic heterocycles. The van der Waals surface area contributed by atoms with Crippen molar-refractivity contribution in [2.24, 2.45) is 16.7 Å². The van der Waals surface area contributed by atoms with Gasteiger partial charge in [0, 0.05) is 11.6 Å². The molecular formula is C17H22FNO. The first-order valence-electron chi connectivity index (χ1n) is 7.41. The first-order valence-corrected chi connectivity index (χ1v) is 7.41. The topological polar surface area (TPSA) is 29.1 Å². The first kappa shape index (κ1) is 13.6. The van der Waals surface area contributed by atoms with E-state index in [1.165, 1.54) is 25.0 Å². The molecule has 20 heavy (non-hydrogen) atoms. The molecule has 2 aliphatic rings. The second-order valence-corrected chi connectivity index (χ2v) is 7.14. The van der Waals surface area contributed by atoms with E-state index in [9.17, 15) is 9.18 Å². The molecule has 3 atom stereocenters. The summed E-state index contributed by atoms with van der Waals surface area (Å²) < 4.78 is 12.9. The molecule has 2 aliphatic carbocycles. The molecule has 0 saturated heterocycles. The van der Waals surface area contributed by atoms with Crippen molar-refractivity contribution in [2.75, 3.05) is 0 Å². The number of fused-ring (bicyclic) bond motifs is 2. The van der Waals surface area contributed by atoms with E-state index in [0.29, 0.717) is 11.5 Å². The third kappa shape index (κ3) is 1.79. The maximum Gasteiger partial charge on any atom is 0.251 e. The van der Waals surface area contributed by atoms with Crippen LogP contribution in [0.5, 0.6) is 0 Å². The highest BCUT2D eigenvalue weighted by Gasteiger charge is 2.61. The van der Waals surface area contributed by atoms with Crippen LogP contribution in [0.25, 0.3) is 0 Å². The van der Waals surface area contributed by atoms with Crippen molar-refractivity contribution in [3.05, 3.63) is 35.6 Å². The minimum atomic E-state index is -0.311. The van der Waals surface area contributed by atoms with Crippen LogP contribution in [0, 0.1) is 22.6 Å². The Morgan fingerprint density at radius 3 is 2.40 bits per heavy atom. The van der Waals surface area contributed by atoms with Crippen LogP contribution in [0.15, 0.2) is 24.3 Å².